The average molecular weight is 455 g/mol. The average Bonchev–Trinajstić information content (AvgIpc) is 2.76. The van der Waals surface area contributed by atoms with E-state index in [1.165, 1.54) is 6.07 Å². The lowest BCUT2D eigenvalue weighted by molar-refractivity contribution is -0.132. The van der Waals surface area contributed by atoms with E-state index in [2.05, 4.69) is 15.3 Å². The first-order valence-electron chi connectivity index (χ1n) is 10.7. The number of amides is 1. The number of ether oxygens (including phenoxy) is 1. The van der Waals surface area contributed by atoms with Crippen molar-refractivity contribution in [2.75, 3.05) is 23.9 Å². The fraction of sp³-hybridized carbons (Fsp3) is 0.375. The molecule has 2 heterocycles. The zero-order valence-electron chi connectivity index (χ0n) is 19.2. The summed E-state index contributed by atoms with van der Waals surface area (Å²) in [7, 11) is 1.69. The molecular formula is C24H27FN4O4. The number of fused-ring (bicyclic) bond motifs is 2. The van der Waals surface area contributed by atoms with Crippen LogP contribution in [0, 0.1) is 12.7 Å². The Morgan fingerprint density at radius 1 is 1.24 bits per heavy atom. The Morgan fingerprint density at radius 2 is 1.94 bits per heavy atom. The van der Waals surface area contributed by atoms with Gasteiger partial charge < -0.3 is 25.2 Å². The van der Waals surface area contributed by atoms with Gasteiger partial charge in [0.15, 0.2) is 5.60 Å². The minimum Gasteiger partial charge on any atom is -0.476 e. The second-order valence-corrected chi connectivity index (χ2v) is 8.75. The number of hydrogen-bond donors (Lipinski definition) is 3. The number of halogens is 1. The summed E-state index contributed by atoms with van der Waals surface area (Å²) in [5.74, 6) is 0.773. The molecule has 3 N–H and O–H groups in total. The van der Waals surface area contributed by atoms with Crippen LogP contribution in [0.3, 0.4) is 0 Å². The van der Waals surface area contributed by atoms with Gasteiger partial charge in [0, 0.05) is 29.6 Å². The van der Waals surface area contributed by atoms with Crippen LogP contribution in [0.25, 0.3) is 10.9 Å². The Morgan fingerprint density at radius 3 is 2.64 bits per heavy atom. The lowest BCUT2D eigenvalue weighted by atomic mass is 10.0. The van der Waals surface area contributed by atoms with Crippen LogP contribution in [0.1, 0.15) is 49.9 Å². The standard InChI is InChI=1S/C24H27FN4O4/c1-12(14-7-6-8-15(21(14)25)19(31)11-30)26-22-16-9-18-20(10-17(16)27-13(2)28-22)33-24(3,4)23(32)29(18)5/h6-10,12,19,30-31H,11H2,1-5H3,(H,26,27,28)/t12-,19+/m1/s1. The maximum absolute atomic E-state index is 15.0. The number of aryl methyl sites for hydroxylation is 1. The molecule has 1 amide bonds. The summed E-state index contributed by atoms with van der Waals surface area (Å²) in [4.78, 5) is 23.2. The summed E-state index contributed by atoms with van der Waals surface area (Å²) in [6.45, 7) is 6.39. The van der Waals surface area contributed by atoms with Gasteiger partial charge in [0.2, 0.25) is 0 Å². The molecule has 0 spiro atoms. The molecule has 2 aromatic carbocycles. The van der Waals surface area contributed by atoms with Gasteiger partial charge in [0.25, 0.3) is 5.91 Å². The molecule has 1 aromatic heterocycles. The summed E-state index contributed by atoms with van der Waals surface area (Å²) >= 11 is 0. The third-order valence-electron chi connectivity index (χ3n) is 5.84. The van der Waals surface area contributed by atoms with Gasteiger partial charge in [-0.25, -0.2) is 14.4 Å². The van der Waals surface area contributed by atoms with Gasteiger partial charge in [0.05, 0.1) is 23.9 Å². The Balaban J connectivity index is 1.77. The molecule has 33 heavy (non-hydrogen) atoms. The predicted molar refractivity (Wildman–Crippen MR) is 123 cm³/mol. The molecule has 0 bridgehead atoms. The van der Waals surface area contributed by atoms with Crippen LogP contribution in [0.5, 0.6) is 5.75 Å². The van der Waals surface area contributed by atoms with E-state index in [9.17, 15) is 15.0 Å². The number of carbonyl (C=O) groups excluding carboxylic acids is 1. The lowest BCUT2D eigenvalue weighted by Gasteiger charge is -2.37. The van der Waals surface area contributed by atoms with Crippen molar-refractivity contribution in [3.63, 3.8) is 0 Å². The number of likely N-dealkylation sites (N-methyl/N-ethyl adjacent to an activating group) is 1. The number of benzene rings is 2. The highest BCUT2D eigenvalue weighted by Crippen LogP contribution is 2.41. The van der Waals surface area contributed by atoms with E-state index in [4.69, 9.17) is 4.74 Å². The summed E-state index contributed by atoms with van der Waals surface area (Å²) in [5.41, 5.74) is 0.573. The molecular weight excluding hydrogens is 427 g/mol. The molecule has 3 aromatic rings. The normalized spacial score (nSPS) is 16.8. The number of anilines is 2. The highest BCUT2D eigenvalue weighted by Gasteiger charge is 2.39. The summed E-state index contributed by atoms with van der Waals surface area (Å²) in [5, 5.41) is 23.0. The number of nitrogens with zero attached hydrogens (tertiary/aromatic N) is 3. The molecule has 4 rings (SSSR count). The fourth-order valence-corrected chi connectivity index (χ4v) is 4.09. The molecule has 8 nitrogen and oxygen atoms in total. The molecule has 2 atom stereocenters. The number of carbonyl (C=O) groups is 1. The monoisotopic (exact) mass is 454 g/mol. The Labute approximate surface area is 191 Å². The lowest BCUT2D eigenvalue weighted by Crippen LogP contribution is -2.50. The molecule has 0 aliphatic carbocycles. The maximum Gasteiger partial charge on any atom is 0.270 e. The SMILES string of the molecule is Cc1nc(N[C@H](C)c2cccc([C@@H](O)CO)c2F)c2cc3c(cc2n1)OC(C)(C)C(=O)N3C. The first-order valence-corrected chi connectivity index (χ1v) is 10.7. The number of aromatic nitrogens is 2. The van der Waals surface area contributed by atoms with Crippen LogP contribution in [-0.2, 0) is 4.79 Å². The van der Waals surface area contributed by atoms with Crippen molar-refractivity contribution in [3.8, 4) is 5.75 Å². The van der Waals surface area contributed by atoms with E-state index in [1.54, 1.807) is 63.9 Å². The zero-order valence-corrected chi connectivity index (χ0v) is 19.2. The van der Waals surface area contributed by atoms with Gasteiger partial charge in [-0.3, -0.25) is 4.79 Å². The molecule has 0 fully saturated rings. The third-order valence-corrected chi connectivity index (χ3v) is 5.84. The number of hydrogen-bond acceptors (Lipinski definition) is 7. The van der Waals surface area contributed by atoms with E-state index >= 15 is 4.39 Å². The van der Waals surface area contributed by atoms with Gasteiger partial charge in [0.1, 0.15) is 29.3 Å². The largest absolute Gasteiger partial charge is 0.476 e. The van der Waals surface area contributed by atoms with Gasteiger partial charge in [-0.15, -0.1) is 0 Å². The van der Waals surface area contributed by atoms with Crippen molar-refractivity contribution in [3.05, 3.63) is 53.1 Å². The van der Waals surface area contributed by atoms with Crippen molar-refractivity contribution in [1.29, 1.82) is 0 Å². The van der Waals surface area contributed by atoms with Crippen LogP contribution in [0.15, 0.2) is 30.3 Å². The quantitative estimate of drug-likeness (QED) is 0.542. The van der Waals surface area contributed by atoms with Crippen LogP contribution >= 0.6 is 0 Å². The van der Waals surface area contributed by atoms with E-state index in [-0.39, 0.29) is 11.5 Å². The second-order valence-electron chi connectivity index (χ2n) is 8.75. The highest BCUT2D eigenvalue weighted by molar-refractivity contribution is 6.05. The van der Waals surface area contributed by atoms with E-state index < -0.39 is 30.2 Å². The van der Waals surface area contributed by atoms with Crippen molar-refractivity contribution in [2.45, 2.75) is 45.4 Å². The molecule has 9 heteroatoms. The Hall–Kier alpha value is -3.30. The number of aliphatic hydroxyl groups excluding tert-OH is 2. The maximum atomic E-state index is 15.0. The minimum absolute atomic E-state index is 0.0290. The summed E-state index contributed by atoms with van der Waals surface area (Å²) in [6, 6.07) is 7.73. The molecule has 0 unspecified atom stereocenters. The number of nitrogens with one attached hydrogen (secondary N) is 1. The minimum atomic E-state index is -1.30. The van der Waals surface area contributed by atoms with Gasteiger partial charge in [-0.05, 0) is 33.8 Å². The first kappa shape index (κ1) is 22.9. The molecule has 0 radical (unpaired) electrons. The fourth-order valence-electron chi connectivity index (χ4n) is 4.09. The van der Waals surface area contributed by atoms with Gasteiger partial charge >= 0.3 is 0 Å². The van der Waals surface area contributed by atoms with E-state index in [1.807, 2.05) is 0 Å². The molecule has 0 saturated carbocycles. The molecule has 1 aliphatic rings. The predicted octanol–water partition coefficient (Wildman–Crippen LogP) is 3.41. The summed E-state index contributed by atoms with van der Waals surface area (Å²) in [6.07, 6.45) is -1.30. The van der Waals surface area contributed by atoms with Crippen molar-refractivity contribution in [1.82, 2.24) is 9.97 Å². The van der Waals surface area contributed by atoms with Crippen molar-refractivity contribution >= 4 is 28.3 Å². The first-order chi connectivity index (χ1) is 15.5. The summed E-state index contributed by atoms with van der Waals surface area (Å²) < 4.78 is 21.0. The van der Waals surface area contributed by atoms with Crippen LogP contribution in [-0.4, -0.2) is 45.3 Å². The third kappa shape index (κ3) is 3.98. The topological polar surface area (TPSA) is 108 Å². The molecule has 0 saturated heterocycles. The van der Waals surface area contributed by atoms with E-state index in [0.717, 1.165) is 0 Å². The number of rotatable bonds is 5. The van der Waals surface area contributed by atoms with Gasteiger partial charge in [-0.1, -0.05) is 18.2 Å². The van der Waals surface area contributed by atoms with E-state index in [0.29, 0.717) is 39.5 Å². The van der Waals surface area contributed by atoms with Gasteiger partial charge in [-0.2, -0.15) is 0 Å². The molecule has 174 valence electrons. The van der Waals surface area contributed by atoms with Crippen LogP contribution < -0.4 is 15.0 Å². The second kappa shape index (κ2) is 8.24. The van der Waals surface area contributed by atoms with Crippen LogP contribution in [0.2, 0.25) is 0 Å². The Bertz CT molecular complexity index is 1250. The number of aliphatic hydroxyl groups is 2. The van der Waals surface area contributed by atoms with Crippen molar-refractivity contribution in [2.24, 2.45) is 0 Å². The highest BCUT2D eigenvalue weighted by atomic mass is 19.1. The Kier molecular flexibility index (Phi) is 5.71. The smallest absolute Gasteiger partial charge is 0.270 e. The zero-order chi connectivity index (χ0) is 24.1. The van der Waals surface area contributed by atoms with Crippen molar-refractivity contribution < 1.29 is 24.1 Å². The molecule has 1 aliphatic heterocycles. The van der Waals surface area contributed by atoms with Crippen LogP contribution in [0.4, 0.5) is 15.9 Å².